The van der Waals surface area contributed by atoms with Crippen LogP contribution in [-0.2, 0) is 4.79 Å². The van der Waals surface area contributed by atoms with Gasteiger partial charge in [0, 0.05) is 13.5 Å². The summed E-state index contributed by atoms with van der Waals surface area (Å²) in [6.45, 7) is 5.25. The summed E-state index contributed by atoms with van der Waals surface area (Å²) in [6, 6.07) is -0.109. The molecule has 0 rings (SSSR count). The van der Waals surface area contributed by atoms with Crippen LogP contribution in [0.1, 0.15) is 13.3 Å². The van der Waals surface area contributed by atoms with Crippen molar-refractivity contribution >= 4 is 5.91 Å². The minimum absolute atomic E-state index is 0.000612. The third kappa shape index (κ3) is 3.18. The smallest absolute Gasteiger partial charge is 0.226 e. The highest BCUT2D eigenvalue weighted by atomic mass is 16.3. The van der Waals surface area contributed by atoms with Crippen molar-refractivity contribution in [2.75, 3.05) is 13.7 Å². The minimum atomic E-state index is -0.109. The van der Waals surface area contributed by atoms with E-state index in [1.165, 1.54) is 4.90 Å². The molecule has 0 saturated heterocycles. The second-order valence-electron chi connectivity index (χ2n) is 2.53. The number of carbonyl (C=O) groups excluding carboxylic acids is 1. The summed E-state index contributed by atoms with van der Waals surface area (Å²) in [6.07, 6.45) is 1.89. The van der Waals surface area contributed by atoms with Gasteiger partial charge in [0.25, 0.3) is 0 Å². The summed E-state index contributed by atoms with van der Waals surface area (Å²) >= 11 is 0. The predicted octanol–water partition coefficient (Wildman–Crippen LogP) is 0.402. The molecule has 0 heterocycles. The molecule has 0 aromatic heterocycles. The molecule has 3 heteroatoms. The lowest BCUT2D eigenvalue weighted by molar-refractivity contribution is -0.131. The van der Waals surface area contributed by atoms with Crippen molar-refractivity contribution < 1.29 is 9.90 Å². The predicted molar refractivity (Wildman–Crippen MR) is 44.1 cm³/mol. The van der Waals surface area contributed by atoms with Crippen molar-refractivity contribution in [2.45, 2.75) is 19.4 Å². The first-order valence-electron chi connectivity index (χ1n) is 3.61. The highest BCUT2D eigenvalue weighted by Crippen LogP contribution is 1.97. The van der Waals surface area contributed by atoms with E-state index in [1.807, 2.05) is 0 Å². The Hall–Kier alpha value is -0.830. The van der Waals surface area contributed by atoms with E-state index in [-0.39, 0.29) is 18.6 Å². The third-order valence-electron chi connectivity index (χ3n) is 1.64. The molecule has 0 fully saturated rings. The Morgan fingerprint density at radius 1 is 1.82 bits per heavy atom. The Balaban J connectivity index is 3.90. The van der Waals surface area contributed by atoms with Crippen LogP contribution in [0.25, 0.3) is 0 Å². The number of carbonyl (C=O) groups is 1. The van der Waals surface area contributed by atoms with Gasteiger partial charge >= 0.3 is 0 Å². The molecule has 0 aliphatic heterocycles. The van der Waals surface area contributed by atoms with E-state index in [4.69, 9.17) is 5.11 Å². The minimum Gasteiger partial charge on any atom is -0.394 e. The molecule has 0 spiro atoms. The monoisotopic (exact) mass is 157 g/mol. The lowest BCUT2D eigenvalue weighted by Gasteiger charge is -2.22. The number of likely N-dealkylation sites (N-methyl/N-ethyl adjacent to an activating group) is 1. The molecule has 0 bridgehead atoms. The fourth-order valence-corrected chi connectivity index (χ4v) is 0.636. The number of hydrogen-bond donors (Lipinski definition) is 1. The van der Waals surface area contributed by atoms with Gasteiger partial charge in [-0.05, 0) is 6.92 Å². The number of rotatable bonds is 4. The van der Waals surface area contributed by atoms with Gasteiger partial charge in [0.05, 0.1) is 12.6 Å². The van der Waals surface area contributed by atoms with Crippen molar-refractivity contribution in [2.24, 2.45) is 0 Å². The van der Waals surface area contributed by atoms with Gasteiger partial charge in [0.15, 0.2) is 0 Å². The van der Waals surface area contributed by atoms with Gasteiger partial charge in [-0.3, -0.25) is 4.79 Å². The maximum Gasteiger partial charge on any atom is 0.226 e. The molecule has 11 heavy (non-hydrogen) atoms. The van der Waals surface area contributed by atoms with Gasteiger partial charge in [-0.2, -0.15) is 0 Å². The lowest BCUT2D eigenvalue weighted by atomic mass is 10.3. The second-order valence-corrected chi connectivity index (χ2v) is 2.53. The summed E-state index contributed by atoms with van der Waals surface area (Å²) in [5.74, 6) is -0.0125. The van der Waals surface area contributed by atoms with Crippen molar-refractivity contribution in [3.63, 3.8) is 0 Å². The highest BCUT2D eigenvalue weighted by Gasteiger charge is 2.12. The van der Waals surface area contributed by atoms with E-state index in [0.29, 0.717) is 6.42 Å². The fraction of sp³-hybridized carbons (Fsp3) is 0.625. The van der Waals surface area contributed by atoms with E-state index in [9.17, 15) is 4.79 Å². The zero-order chi connectivity index (χ0) is 8.85. The molecule has 0 aromatic rings. The number of amides is 1. The maximum atomic E-state index is 11.1. The second kappa shape index (κ2) is 4.91. The molecule has 1 unspecified atom stereocenters. The average Bonchev–Trinajstić information content (AvgIpc) is 2.02. The van der Waals surface area contributed by atoms with E-state index in [2.05, 4.69) is 6.58 Å². The van der Waals surface area contributed by atoms with Crippen LogP contribution in [0.2, 0.25) is 0 Å². The molecule has 3 nitrogen and oxygen atoms in total. The Labute approximate surface area is 67.3 Å². The normalized spacial score (nSPS) is 12.3. The SMILES string of the molecule is C=CCC(=O)N(C)C(C)CO. The van der Waals surface area contributed by atoms with Crippen molar-refractivity contribution in [3.05, 3.63) is 12.7 Å². The Bertz CT molecular complexity index is 145. The summed E-state index contributed by atoms with van der Waals surface area (Å²) < 4.78 is 0. The van der Waals surface area contributed by atoms with E-state index in [0.717, 1.165) is 0 Å². The van der Waals surface area contributed by atoms with Gasteiger partial charge in [0.2, 0.25) is 5.91 Å². The summed E-state index contributed by atoms with van der Waals surface area (Å²) in [5.41, 5.74) is 0. The summed E-state index contributed by atoms with van der Waals surface area (Å²) in [4.78, 5) is 12.6. The number of hydrogen-bond acceptors (Lipinski definition) is 2. The number of aliphatic hydroxyl groups excluding tert-OH is 1. The topological polar surface area (TPSA) is 40.5 Å². The van der Waals surface area contributed by atoms with E-state index >= 15 is 0 Å². The molecular formula is C8H15NO2. The van der Waals surface area contributed by atoms with Crippen LogP contribution in [0, 0.1) is 0 Å². The van der Waals surface area contributed by atoms with Gasteiger partial charge < -0.3 is 10.0 Å². The van der Waals surface area contributed by atoms with Crippen LogP contribution in [0.15, 0.2) is 12.7 Å². The molecule has 1 N–H and O–H groups in total. The van der Waals surface area contributed by atoms with Gasteiger partial charge in [0.1, 0.15) is 0 Å². The molecule has 0 saturated carbocycles. The van der Waals surface area contributed by atoms with E-state index < -0.39 is 0 Å². The van der Waals surface area contributed by atoms with Crippen LogP contribution in [0.5, 0.6) is 0 Å². The molecule has 1 atom stereocenters. The summed E-state index contributed by atoms with van der Waals surface area (Å²) in [7, 11) is 1.67. The molecule has 0 aromatic carbocycles. The van der Waals surface area contributed by atoms with Crippen LogP contribution < -0.4 is 0 Å². The van der Waals surface area contributed by atoms with Crippen LogP contribution in [0.3, 0.4) is 0 Å². The first kappa shape index (κ1) is 10.2. The third-order valence-corrected chi connectivity index (χ3v) is 1.64. The van der Waals surface area contributed by atoms with Gasteiger partial charge in [-0.1, -0.05) is 6.08 Å². The van der Waals surface area contributed by atoms with Gasteiger partial charge in [-0.25, -0.2) is 0 Å². The Kier molecular flexibility index (Phi) is 4.54. The lowest BCUT2D eigenvalue weighted by Crippen LogP contribution is -2.36. The van der Waals surface area contributed by atoms with Gasteiger partial charge in [-0.15, -0.1) is 6.58 Å². The van der Waals surface area contributed by atoms with Crippen LogP contribution in [-0.4, -0.2) is 35.6 Å². The average molecular weight is 157 g/mol. The first-order chi connectivity index (χ1) is 5.13. The molecule has 1 amide bonds. The molecule has 0 aliphatic carbocycles. The standard InChI is InChI=1S/C8H15NO2/c1-4-5-8(11)9(3)7(2)6-10/h4,7,10H,1,5-6H2,2-3H3. The van der Waals surface area contributed by atoms with Crippen molar-refractivity contribution in [3.8, 4) is 0 Å². The van der Waals surface area contributed by atoms with E-state index in [1.54, 1.807) is 20.0 Å². The fourth-order valence-electron chi connectivity index (χ4n) is 0.636. The van der Waals surface area contributed by atoms with Crippen molar-refractivity contribution in [1.29, 1.82) is 0 Å². The largest absolute Gasteiger partial charge is 0.394 e. The summed E-state index contributed by atoms with van der Waals surface area (Å²) in [5, 5.41) is 8.70. The Morgan fingerprint density at radius 3 is 2.73 bits per heavy atom. The number of aliphatic hydroxyl groups is 1. The molecule has 0 radical (unpaired) electrons. The Morgan fingerprint density at radius 2 is 2.36 bits per heavy atom. The van der Waals surface area contributed by atoms with Crippen LogP contribution in [0.4, 0.5) is 0 Å². The number of nitrogens with zero attached hydrogens (tertiary/aromatic N) is 1. The van der Waals surface area contributed by atoms with Crippen LogP contribution >= 0.6 is 0 Å². The van der Waals surface area contributed by atoms with Crippen molar-refractivity contribution in [1.82, 2.24) is 4.90 Å². The molecular weight excluding hydrogens is 142 g/mol. The first-order valence-corrected chi connectivity index (χ1v) is 3.61. The maximum absolute atomic E-state index is 11.1. The zero-order valence-electron chi connectivity index (χ0n) is 7.08. The zero-order valence-corrected chi connectivity index (χ0v) is 7.08. The highest BCUT2D eigenvalue weighted by molar-refractivity contribution is 5.77. The molecule has 0 aliphatic rings. The molecule has 64 valence electrons. The quantitative estimate of drug-likeness (QED) is 0.600.